The first-order valence-corrected chi connectivity index (χ1v) is 10.1. The van der Waals surface area contributed by atoms with E-state index in [1.54, 1.807) is 0 Å². The molecule has 2 heterocycles. The minimum absolute atomic E-state index is 0.262. The molecule has 2 aromatic rings. The first kappa shape index (κ1) is 18.2. The molecule has 2 fully saturated rings. The molecule has 6 heteroatoms. The summed E-state index contributed by atoms with van der Waals surface area (Å²) in [7, 11) is 0. The minimum atomic E-state index is 0.262. The van der Waals surface area contributed by atoms with Crippen molar-refractivity contribution < 1.29 is 9.32 Å². The quantitative estimate of drug-likeness (QED) is 0.829. The van der Waals surface area contributed by atoms with E-state index in [2.05, 4.69) is 26.9 Å². The van der Waals surface area contributed by atoms with Crippen LogP contribution in [0.4, 0.5) is 0 Å². The van der Waals surface area contributed by atoms with Gasteiger partial charge >= 0.3 is 0 Å². The molecule has 4 rings (SSSR count). The number of hydrogen-bond donors (Lipinski definition) is 0. The topological polar surface area (TPSA) is 62.5 Å². The third kappa shape index (κ3) is 4.38. The van der Waals surface area contributed by atoms with Crippen molar-refractivity contribution in [3.8, 4) is 11.4 Å². The van der Waals surface area contributed by atoms with Gasteiger partial charge in [0.2, 0.25) is 17.6 Å². The highest BCUT2D eigenvalue weighted by Gasteiger charge is 2.28. The monoisotopic (exact) mass is 368 g/mol. The second kappa shape index (κ2) is 8.21. The molecule has 1 saturated heterocycles. The Morgan fingerprint density at radius 3 is 2.48 bits per heavy atom. The number of nitrogens with zero attached hydrogens (tertiary/aromatic N) is 4. The number of piperazine rings is 1. The Balaban J connectivity index is 1.29. The maximum Gasteiger partial charge on any atom is 0.241 e. The lowest BCUT2D eigenvalue weighted by Gasteiger charge is -2.36. The lowest BCUT2D eigenvalue weighted by Crippen LogP contribution is -2.50. The highest BCUT2D eigenvalue weighted by Crippen LogP contribution is 2.26. The fraction of sp³-hybridized carbons (Fsp3) is 0.571. The van der Waals surface area contributed by atoms with Crippen molar-refractivity contribution in [2.45, 2.75) is 45.6 Å². The lowest BCUT2D eigenvalue weighted by molar-refractivity contribution is -0.138. The van der Waals surface area contributed by atoms with Gasteiger partial charge in [0.05, 0.1) is 6.54 Å². The number of aryl methyl sites for hydroxylation is 1. The largest absolute Gasteiger partial charge is 0.340 e. The molecule has 1 aromatic carbocycles. The number of amides is 1. The molecule has 6 nitrogen and oxygen atoms in total. The standard InChI is InChI=1S/C21H28N4O2/c1-16-7-9-17(10-8-16)20-22-19(27-23-20)15-24-11-13-25(14-12-24)21(26)18-5-3-2-4-6-18/h7-10,18H,2-6,11-15H2,1H3. The van der Waals surface area contributed by atoms with Gasteiger partial charge in [-0.25, -0.2) is 0 Å². The van der Waals surface area contributed by atoms with Gasteiger partial charge in [-0.15, -0.1) is 0 Å². The van der Waals surface area contributed by atoms with Crippen molar-refractivity contribution in [2.75, 3.05) is 26.2 Å². The normalized spacial score (nSPS) is 19.4. The van der Waals surface area contributed by atoms with Crippen molar-refractivity contribution in [1.82, 2.24) is 19.9 Å². The van der Waals surface area contributed by atoms with E-state index in [1.165, 1.54) is 24.8 Å². The van der Waals surface area contributed by atoms with Gasteiger partial charge in [-0.05, 0) is 19.8 Å². The summed E-state index contributed by atoms with van der Waals surface area (Å²) in [5.41, 5.74) is 2.18. The van der Waals surface area contributed by atoms with Gasteiger partial charge in [0.15, 0.2) is 0 Å². The smallest absolute Gasteiger partial charge is 0.241 e. The van der Waals surface area contributed by atoms with E-state index in [1.807, 2.05) is 24.3 Å². The molecule has 1 aliphatic heterocycles. The summed E-state index contributed by atoms with van der Waals surface area (Å²) in [6.07, 6.45) is 5.84. The Kier molecular flexibility index (Phi) is 5.53. The van der Waals surface area contributed by atoms with E-state index < -0.39 is 0 Å². The van der Waals surface area contributed by atoms with Crippen LogP contribution >= 0.6 is 0 Å². The SMILES string of the molecule is Cc1ccc(-c2noc(CN3CCN(C(=O)C4CCCCC4)CC3)n2)cc1. The molecular weight excluding hydrogens is 340 g/mol. The summed E-state index contributed by atoms with van der Waals surface area (Å²) >= 11 is 0. The number of carbonyl (C=O) groups is 1. The first-order valence-electron chi connectivity index (χ1n) is 10.1. The van der Waals surface area contributed by atoms with Crippen LogP contribution in [0.15, 0.2) is 28.8 Å². The van der Waals surface area contributed by atoms with Crippen molar-refractivity contribution in [3.05, 3.63) is 35.7 Å². The number of rotatable bonds is 4. The van der Waals surface area contributed by atoms with Crippen molar-refractivity contribution in [2.24, 2.45) is 5.92 Å². The Bertz CT molecular complexity index is 757. The Hall–Kier alpha value is -2.21. The molecule has 1 aliphatic carbocycles. The van der Waals surface area contributed by atoms with Gasteiger partial charge in [0.1, 0.15) is 0 Å². The van der Waals surface area contributed by atoms with Gasteiger partial charge < -0.3 is 9.42 Å². The summed E-state index contributed by atoms with van der Waals surface area (Å²) < 4.78 is 5.44. The molecule has 0 atom stereocenters. The van der Waals surface area contributed by atoms with Crippen molar-refractivity contribution >= 4 is 5.91 Å². The molecule has 0 radical (unpaired) electrons. The van der Waals surface area contributed by atoms with Gasteiger partial charge in [0, 0.05) is 37.7 Å². The van der Waals surface area contributed by atoms with Crippen LogP contribution in [-0.2, 0) is 11.3 Å². The fourth-order valence-electron chi connectivity index (χ4n) is 4.06. The Labute approximate surface area is 160 Å². The predicted octanol–water partition coefficient (Wildman–Crippen LogP) is 3.27. The average Bonchev–Trinajstić information content (AvgIpc) is 3.18. The fourth-order valence-corrected chi connectivity index (χ4v) is 4.06. The van der Waals surface area contributed by atoms with Crippen LogP contribution in [0, 0.1) is 12.8 Å². The van der Waals surface area contributed by atoms with E-state index >= 15 is 0 Å². The zero-order chi connectivity index (χ0) is 18.6. The second-order valence-electron chi connectivity index (χ2n) is 7.81. The maximum atomic E-state index is 12.7. The highest BCUT2D eigenvalue weighted by atomic mass is 16.5. The maximum absolute atomic E-state index is 12.7. The van der Waals surface area contributed by atoms with Crippen LogP contribution in [0.3, 0.4) is 0 Å². The van der Waals surface area contributed by atoms with Crippen LogP contribution in [0.1, 0.15) is 43.6 Å². The average molecular weight is 368 g/mol. The minimum Gasteiger partial charge on any atom is -0.340 e. The zero-order valence-electron chi connectivity index (χ0n) is 16.1. The first-order chi connectivity index (χ1) is 13.2. The summed E-state index contributed by atoms with van der Waals surface area (Å²) in [4.78, 5) is 21.5. The lowest BCUT2D eigenvalue weighted by atomic mass is 9.88. The number of carbonyl (C=O) groups excluding carboxylic acids is 1. The molecule has 2 aliphatic rings. The predicted molar refractivity (Wildman–Crippen MR) is 103 cm³/mol. The number of benzene rings is 1. The van der Waals surface area contributed by atoms with Gasteiger partial charge in [-0.3, -0.25) is 9.69 Å². The molecular formula is C21H28N4O2. The Morgan fingerprint density at radius 1 is 1.07 bits per heavy atom. The second-order valence-corrected chi connectivity index (χ2v) is 7.81. The molecule has 0 bridgehead atoms. The van der Waals surface area contributed by atoms with E-state index in [0.717, 1.165) is 44.6 Å². The molecule has 1 aromatic heterocycles. The molecule has 1 saturated carbocycles. The van der Waals surface area contributed by atoms with Crippen LogP contribution in [-0.4, -0.2) is 52.0 Å². The zero-order valence-corrected chi connectivity index (χ0v) is 16.1. The summed E-state index contributed by atoms with van der Waals surface area (Å²) in [6, 6.07) is 8.13. The summed E-state index contributed by atoms with van der Waals surface area (Å²) in [5.74, 6) is 1.90. The van der Waals surface area contributed by atoms with Crippen molar-refractivity contribution in [1.29, 1.82) is 0 Å². The van der Waals surface area contributed by atoms with E-state index in [4.69, 9.17) is 4.52 Å². The van der Waals surface area contributed by atoms with Crippen LogP contribution in [0.25, 0.3) is 11.4 Å². The van der Waals surface area contributed by atoms with E-state index in [-0.39, 0.29) is 5.92 Å². The van der Waals surface area contributed by atoms with Gasteiger partial charge in [-0.2, -0.15) is 4.98 Å². The Morgan fingerprint density at radius 2 is 1.78 bits per heavy atom. The third-order valence-electron chi connectivity index (χ3n) is 5.78. The van der Waals surface area contributed by atoms with E-state index in [9.17, 15) is 4.79 Å². The van der Waals surface area contributed by atoms with E-state index in [0.29, 0.717) is 24.2 Å². The van der Waals surface area contributed by atoms with Gasteiger partial charge in [0.25, 0.3) is 0 Å². The molecule has 0 spiro atoms. The number of aromatic nitrogens is 2. The molecule has 1 amide bonds. The summed E-state index contributed by atoms with van der Waals surface area (Å²) in [5, 5.41) is 4.11. The molecule has 27 heavy (non-hydrogen) atoms. The third-order valence-corrected chi connectivity index (χ3v) is 5.78. The molecule has 0 N–H and O–H groups in total. The molecule has 0 unspecified atom stereocenters. The van der Waals surface area contributed by atoms with Gasteiger partial charge in [-0.1, -0.05) is 54.2 Å². The van der Waals surface area contributed by atoms with Crippen LogP contribution < -0.4 is 0 Å². The molecule has 144 valence electrons. The van der Waals surface area contributed by atoms with Crippen LogP contribution in [0.2, 0.25) is 0 Å². The highest BCUT2D eigenvalue weighted by molar-refractivity contribution is 5.79. The number of hydrogen-bond acceptors (Lipinski definition) is 5. The van der Waals surface area contributed by atoms with Crippen LogP contribution in [0.5, 0.6) is 0 Å². The summed E-state index contributed by atoms with van der Waals surface area (Å²) in [6.45, 7) is 6.03. The van der Waals surface area contributed by atoms with Crippen molar-refractivity contribution in [3.63, 3.8) is 0 Å².